The monoisotopic (exact) mass is 479 g/mol. The van der Waals surface area contributed by atoms with Crippen molar-refractivity contribution in [2.75, 3.05) is 12.8 Å². The quantitative estimate of drug-likeness (QED) is 0.297. The van der Waals surface area contributed by atoms with Crippen molar-refractivity contribution in [1.82, 2.24) is 0 Å². The molecule has 0 saturated carbocycles. The highest BCUT2D eigenvalue weighted by molar-refractivity contribution is 7.89. The fourth-order valence-electron chi connectivity index (χ4n) is 3.66. The molecule has 0 fully saturated rings. The molecule has 3 aromatic carbocycles. The van der Waals surface area contributed by atoms with Gasteiger partial charge in [0.25, 0.3) is 5.91 Å². The molecular weight excluding hydrogens is 458 g/mol. The first-order chi connectivity index (χ1) is 16.0. The molecule has 0 bridgehead atoms. The molecule has 7 N–H and O–H groups in total. The van der Waals surface area contributed by atoms with E-state index < -0.39 is 21.9 Å². The first-order valence-electron chi connectivity index (χ1n) is 9.73. The minimum absolute atomic E-state index is 0.0162. The van der Waals surface area contributed by atoms with Crippen molar-refractivity contribution in [1.29, 1.82) is 0 Å². The van der Waals surface area contributed by atoms with Gasteiger partial charge in [-0.15, -0.1) is 12.3 Å². The van der Waals surface area contributed by atoms with Crippen LogP contribution in [0.5, 0.6) is 5.75 Å². The van der Waals surface area contributed by atoms with Crippen molar-refractivity contribution >= 4 is 27.6 Å². The van der Waals surface area contributed by atoms with Gasteiger partial charge in [0, 0.05) is 17.5 Å². The van der Waals surface area contributed by atoms with Crippen LogP contribution in [-0.2, 0) is 16.4 Å². The molecule has 0 heterocycles. The zero-order valence-corrected chi connectivity index (χ0v) is 18.8. The summed E-state index contributed by atoms with van der Waals surface area (Å²) in [5, 5.41) is 14.8. The largest absolute Gasteiger partial charge is 0.496 e. The molecule has 0 spiro atoms. The number of carbonyl (C=O) groups excluding carboxylic acids is 1. The number of nitrogen functional groups attached to an aromatic ring is 1. The van der Waals surface area contributed by atoms with E-state index in [1.54, 1.807) is 6.07 Å². The smallest absolute Gasteiger partial charge is 0.336 e. The first-order valence-corrected chi connectivity index (χ1v) is 11.3. The molecule has 0 aliphatic rings. The third-order valence-corrected chi connectivity index (χ3v) is 6.16. The second-order valence-electron chi connectivity index (χ2n) is 7.27. The molecule has 3 aromatic rings. The van der Waals surface area contributed by atoms with Crippen molar-refractivity contribution in [2.45, 2.75) is 11.3 Å². The third-order valence-electron chi connectivity index (χ3n) is 5.23. The normalized spacial score (nSPS) is 11.0. The van der Waals surface area contributed by atoms with Crippen LogP contribution in [0.1, 0.15) is 26.3 Å². The number of benzene rings is 3. The van der Waals surface area contributed by atoms with Crippen molar-refractivity contribution in [3.05, 3.63) is 65.2 Å². The first kappa shape index (κ1) is 24.3. The second-order valence-corrected chi connectivity index (χ2v) is 8.84. The summed E-state index contributed by atoms with van der Waals surface area (Å²) in [6.07, 6.45) is 5.48. The van der Waals surface area contributed by atoms with Crippen LogP contribution in [0, 0.1) is 12.3 Å². The van der Waals surface area contributed by atoms with Crippen LogP contribution in [0.2, 0.25) is 0 Å². The number of aromatic carboxylic acids is 1. The number of amides is 1. The van der Waals surface area contributed by atoms with Gasteiger partial charge in [-0.3, -0.25) is 4.79 Å². The topological polar surface area (TPSA) is 176 Å². The Kier molecular flexibility index (Phi) is 6.63. The Hall–Kier alpha value is -4.33. The number of nitrogens with two attached hydrogens (primary N) is 3. The van der Waals surface area contributed by atoms with Crippen LogP contribution < -0.4 is 21.3 Å². The average Bonchev–Trinajstić information content (AvgIpc) is 2.78. The SMILES string of the molecule is C#CCc1c(C(=O)O)ccc(OC)c1-c1cc(C(N)=O)c(N)c(-c2ccc(S(N)(=O)=O)cc2)c1. The predicted molar refractivity (Wildman–Crippen MR) is 128 cm³/mol. The minimum atomic E-state index is -3.91. The highest BCUT2D eigenvalue weighted by Crippen LogP contribution is 2.41. The van der Waals surface area contributed by atoms with E-state index in [2.05, 4.69) is 5.92 Å². The van der Waals surface area contributed by atoms with Gasteiger partial charge in [0.1, 0.15) is 5.75 Å². The zero-order chi connectivity index (χ0) is 25.2. The number of anilines is 1. The zero-order valence-electron chi connectivity index (χ0n) is 18.0. The Balaban J connectivity index is 2.39. The van der Waals surface area contributed by atoms with Gasteiger partial charge in [-0.05, 0) is 53.1 Å². The number of primary sulfonamides is 1. The van der Waals surface area contributed by atoms with E-state index in [1.807, 2.05) is 0 Å². The van der Waals surface area contributed by atoms with Gasteiger partial charge >= 0.3 is 5.97 Å². The lowest BCUT2D eigenvalue weighted by molar-refractivity contribution is 0.0695. The molecule has 3 rings (SSSR count). The lowest BCUT2D eigenvalue weighted by atomic mass is 9.88. The van der Waals surface area contributed by atoms with E-state index in [-0.39, 0.29) is 28.1 Å². The summed E-state index contributed by atoms with van der Waals surface area (Å²) < 4.78 is 28.7. The minimum Gasteiger partial charge on any atom is -0.496 e. The molecule has 0 aliphatic carbocycles. The number of hydrogen-bond acceptors (Lipinski definition) is 6. The number of rotatable bonds is 7. The number of sulfonamides is 1. The van der Waals surface area contributed by atoms with Gasteiger partial charge < -0.3 is 21.3 Å². The standard InChI is InChI=1S/C24H21N3O6S/c1-3-4-16-17(24(29)30)9-10-20(33-2)21(16)14-11-18(22(25)19(12-14)23(26)28)13-5-7-15(8-6-13)34(27,31)32/h1,5-12H,4,25H2,2H3,(H2,26,28)(H,29,30)(H2,27,31,32). The summed E-state index contributed by atoms with van der Waals surface area (Å²) in [4.78, 5) is 23.9. The average molecular weight is 480 g/mol. The van der Waals surface area contributed by atoms with Gasteiger partial charge in [0.05, 0.1) is 28.8 Å². The summed E-state index contributed by atoms with van der Waals surface area (Å²) in [6.45, 7) is 0. The van der Waals surface area contributed by atoms with Crippen molar-refractivity contribution in [3.63, 3.8) is 0 Å². The fraction of sp³-hybridized carbons (Fsp3) is 0.0833. The number of carboxylic acids is 1. The highest BCUT2D eigenvalue weighted by Gasteiger charge is 2.22. The number of hydrogen-bond donors (Lipinski definition) is 4. The second kappa shape index (κ2) is 9.27. The summed E-state index contributed by atoms with van der Waals surface area (Å²) in [5.74, 6) is 0.784. The Morgan fingerprint density at radius 1 is 1.06 bits per heavy atom. The molecule has 34 heavy (non-hydrogen) atoms. The highest BCUT2D eigenvalue weighted by atomic mass is 32.2. The maximum atomic E-state index is 12.2. The van der Waals surface area contributed by atoms with E-state index in [0.29, 0.717) is 33.6 Å². The maximum Gasteiger partial charge on any atom is 0.336 e. The molecule has 0 saturated heterocycles. The summed E-state index contributed by atoms with van der Waals surface area (Å²) in [7, 11) is -2.50. The third kappa shape index (κ3) is 4.56. The summed E-state index contributed by atoms with van der Waals surface area (Å²) in [6, 6.07) is 11.5. The molecule has 0 unspecified atom stereocenters. The number of ether oxygens (including phenoxy) is 1. The Bertz CT molecular complexity index is 1460. The summed E-state index contributed by atoms with van der Waals surface area (Å²) >= 11 is 0. The molecule has 0 aliphatic heterocycles. The van der Waals surface area contributed by atoms with Crippen LogP contribution in [0.15, 0.2) is 53.4 Å². The van der Waals surface area contributed by atoms with Crippen LogP contribution in [0.25, 0.3) is 22.3 Å². The number of terminal acetylenes is 1. The Morgan fingerprint density at radius 3 is 2.21 bits per heavy atom. The van der Waals surface area contributed by atoms with Crippen molar-refractivity contribution in [2.24, 2.45) is 10.9 Å². The number of primary amides is 1. The Labute approximate surface area is 196 Å². The van der Waals surface area contributed by atoms with E-state index in [1.165, 1.54) is 49.6 Å². The molecule has 0 aromatic heterocycles. The van der Waals surface area contributed by atoms with E-state index in [0.717, 1.165) is 0 Å². The van der Waals surface area contributed by atoms with E-state index in [9.17, 15) is 23.1 Å². The molecule has 10 heteroatoms. The fourth-order valence-corrected chi connectivity index (χ4v) is 4.18. The van der Waals surface area contributed by atoms with Crippen LogP contribution in [0.4, 0.5) is 5.69 Å². The van der Waals surface area contributed by atoms with Crippen LogP contribution in [-0.4, -0.2) is 32.5 Å². The molecule has 174 valence electrons. The van der Waals surface area contributed by atoms with Crippen molar-refractivity contribution < 1.29 is 27.9 Å². The lowest BCUT2D eigenvalue weighted by Crippen LogP contribution is -2.15. The maximum absolute atomic E-state index is 12.2. The van der Waals surface area contributed by atoms with Gasteiger partial charge in [-0.2, -0.15) is 0 Å². The molecule has 9 nitrogen and oxygen atoms in total. The molecule has 0 radical (unpaired) electrons. The Morgan fingerprint density at radius 2 is 1.71 bits per heavy atom. The van der Waals surface area contributed by atoms with Gasteiger partial charge in [0.15, 0.2) is 0 Å². The van der Waals surface area contributed by atoms with Crippen LogP contribution in [0.3, 0.4) is 0 Å². The number of carbonyl (C=O) groups is 2. The van der Waals surface area contributed by atoms with E-state index >= 15 is 0 Å². The van der Waals surface area contributed by atoms with Gasteiger partial charge in [-0.1, -0.05) is 12.1 Å². The lowest BCUT2D eigenvalue weighted by Gasteiger charge is -2.19. The molecular formula is C24H21N3O6S. The molecule has 1 amide bonds. The number of methoxy groups -OCH3 is 1. The van der Waals surface area contributed by atoms with Gasteiger partial charge in [-0.25, -0.2) is 18.4 Å². The number of carboxylic acid groups (broad SMARTS) is 1. The van der Waals surface area contributed by atoms with Crippen molar-refractivity contribution in [3.8, 4) is 40.3 Å². The molecule has 0 atom stereocenters. The van der Waals surface area contributed by atoms with Gasteiger partial charge in [0.2, 0.25) is 10.0 Å². The van der Waals surface area contributed by atoms with E-state index in [4.69, 9.17) is 27.8 Å². The van der Waals surface area contributed by atoms with Crippen LogP contribution >= 0.6 is 0 Å². The predicted octanol–water partition coefficient (Wildman–Crippen LogP) is 2.23. The summed E-state index contributed by atoms with van der Waals surface area (Å²) in [5.41, 5.74) is 13.7.